The third-order valence-corrected chi connectivity index (χ3v) is 1.91. The van der Waals surface area contributed by atoms with Gasteiger partial charge in [0.1, 0.15) is 0 Å². The molecule has 0 unspecified atom stereocenters. The zero-order chi connectivity index (χ0) is 7.61. The Kier molecular flexibility index (Phi) is 1.74. The van der Waals surface area contributed by atoms with Crippen LogP contribution in [-0.2, 0) is 10.1 Å². The molecule has 0 spiro atoms. The molecule has 1 N–H and O–H groups in total. The van der Waals surface area contributed by atoms with Gasteiger partial charge in [-0.1, -0.05) is 18.2 Å². The predicted molar refractivity (Wildman–Crippen MR) is 38.4 cm³/mol. The summed E-state index contributed by atoms with van der Waals surface area (Å²) in [6.07, 6.45) is 0. The van der Waals surface area contributed by atoms with Gasteiger partial charge in [0.05, 0.1) is 4.90 Å². The predicted octanol–water partition coefficient (Wildman–Crippen LogP) is 1.18. The van der Waals surface area contributed by atoms with Crippen LogP contribution in [0.1, 0.15) is 1.43 Å². The minimum Gasteiger partial charge on any atom is -0.282 e. The lowest BCUT2D eigenvalue weighted by molar-refractivity contribution is 0.483. The van der Waals surface area contributed by atoms with Crippen LogP contribution in [0.3, 0.4) is 0 Å². The van der Waals surface area contributed by atoms with Gasteiger partial charge in [0.15, 0.2) is 0 Å². The van der Waals surface area contributed by atoms with E-state index < -0.39 is 10.1 Å². The van der Waals surface area contributed by atoms with Gasteiger partial charge >= 0.3 is 0 Å². The number of benzene rings is 1. The highest BCUT2D eigenvalue weighted by atomic mass is 32.2. The summed E-state index contributed by atoms with van der Waals surface area (Å²) in [7, 11) is -4.00. The molecule has 0 aliphatic heterocycles. The Labute approximate surface area is 60.5 Å². The van der Waals surface area contributed by atoms with Gasteiger partial charge in [0, 0.05) is 1.43 Å². The smallest absolute Gasteiger partial charge is 0.282 e. The lowest BCUT2D eigenvalue weighted by Crippen LogP contribution is -1.96. The Balaban J connectivity index is 0.000001000. The molecule has 1 aromatic carbocycles. The summed E-state index contributed by atoms with van der Waals surface area (Å²) in [6.45, 7) is 0. The highest BCUT2D eigenvalue weighted by Gasteiger charge is 2.05. The number of hydrogen-bond donors (Lipinski definition) is 1. The summed E-state index contributed by atoms with van der Waals surface area (Å²) in [4.78, 5) is -0.0741. The molecule has 0 bridgehead atoms. The van der Waals surface area contributed by atoms with E-state index >= 15 is 0 Å². The molecule has 0 heterocycles. The Bertz CT molecular complexity index is 306. The molecule has 0 saturated carbocycles. The fraction of sp³-hybridized carbons (Fsp3) is 0. The van der Waals surface area contributed by atoms with Gasteiger partial charge in [-0.2, -0.15) is 8.42 Å². The normalized spacial score (nSPS) is 11.3. The van der Waals surface area contributed by atoms with E-state index in [4.69, 9.17) is 4.55 Å². The Morgan fingerprint density at radius 1 is 1.20 bits per heavy atom. The molecular weight excluding hydrogens is 152 g/mol. The third-order valence-electron chi connectivity index (χ3n) is 1.04. The number of rotatable bonds is 1. The minimum absolute atomic E-state index is 0. The van der Waals surface area contributed by atoms with E-state index in [9.17, 15) is 8.42 Å². The van der Waals surface area contributed by atoms with E-state index in [2.05, 4.69) is 0 Å². The molecule has 0 aliphatic carbocycles. The van der Waals surface area contributed by atoms with Crippen molar-refractivity contribution < 1.29 is 14.4 Å². The van der Waals surface area contributed by atoms with Crippen LogP contribution in [0, 0.1) is 0 Å². The van der Waals surface area contributed by atoms with Crippen LogP contribution in [-0.4, -0.2) is 13.0 Å². The second-order valence-electron chi connectivity index (χ2n) is 1.79. The summed E-state index contributed by atoms with van der Waals surface area (Å²) in [5, 5.41) is 0. The van der Waals surface area contributed by atoms with Gasteiger partial charge in [0.25, 0.3) is 10.1 Å². The molecule has 0 aliphatic rings. The van der Waals surface area contributed by atoms with Crippen molar-refractivity contribution in [1.82, 2.24) is 0 Å². The monoisotopic (exact) mass is 160 g/mol. The largest absolute Gasteiger partial charge is 0.294 e. The van der Waals surface area contributed by atoms with Crippen LogP contribution in [0.2, 0.25) is 0 Å². The van der Waals surface area contributed by atoms with Gasteiger partial charge in [-0.25, -0.2) is 0 Å². The summed E-state index contributed by atoms with van der Waals surface area (Å²) in [5.74, 6) is 0. The van der Waals surface area contributed by atoms with E-state index in [1.807, 2.05) is 0 Å². The highest BCUT2D eigenvalue weighted by molar-refractivity contribution is 7.85. The molecule has 10 heavy (non-hydrogen) atoms. The summed E-state index contributed by atoms with van der Waals surface area (Å²) in [5.41, 5.74) is 0. The van der Waals surface area contributed by atoms with Crippen LogP contribution < -0.4 is 0 Å². The fourth-order valence-corrected chi connectivity index (χ4v) is 1.09. The van der Waals surface area contributed by atoms with Crippen molar-refractivity contribution in [2.45, 2.75) is 4.90 Å². The maximum atomic E-state index is 10.4. The van der Waals surface area contributed by atoms with E-state index in [0.29, 0.717) is 0 Å². The average molecular weight is 160 g/mol. The summed E-state index contributed by atoms with van der Waals surface area (Å²) in [6, 6.07) is 7.42. The van der Waals surface area contributed by atoms with Crippen molar-refractivity contribution >= 4 is 10.1 Å². The number of hydrogen-bond acceptors (Lipinski definition) is 2. The van der Waals surface area contributed by atoms with Crippen LogP contribution in [0.15, 0.2) is 35.2 Å². The van der Waals surface area contributed by atoms with Gasteiger partial charge in [-0.15, -0.1) is 0 Å². The molecule has 3 nitrogen and oxygen atoms in total. The van der Waals surface area contributed by atoms with E-state index in [-0.39, 0.29) is 6.32 Å². The van der Waals surface area contributed by atoms with Crippen LogP contribution in [0.25, 0.3) is 0 Å². The average Bonchev–Trinajstić information content (AvgIpc) is 1.88. The first-order chi connectivity index (χ1) is 4.61. The van der Waals surface area contributed by atoms with E-state index in [1.165, 1.54) is 12.1 Å². The third kappa shape index (κ3) is 1.55. The lowest BCUT2D eigenvalue weighted by Gasteiger charge is -1.92. The van der Waals surface area contributed by atoms with Gasteiger partial charge < -0.3 is 0 Å². The van der Waals surface area contributed by atoms with Crippen molar-refractivity contribution in [3.8, 4) is 0 Å². The van der Waals surface area contributed by atoms with Crippen molar-refractivity contribution in [2.75, 3.05) is 0 Å². The molecule has 0 atom stereocenters. The summed E-state index contributed by atoms with van der Waals surface area (Å²) >= 11 is 0. The molecule has 0 amide bonds. The zero-order valence-electron chi connectivity index (χ0n) is 5.06. The molecule has 1 aromatic rings. The first kappa shape index (κ1) is 7.24. The molecular formula is C6H8O3S. The van der Waals surface area contributed by atoms with Crippen LogP contribution >= 0.6 is 0 Å². The SMILES string of the molecule is O=S(=O)(O)c1ccccc1.[HH]. The molecule has 0 radical (unpaired) electrons. The van der Waals surface area contributed by atoms with Crippen molar-refractivity contribution in [3.63, 3.8) is 0 Å². The second kappa shape index (κ2) is 2.40. The first-order valence-electron chi connectivity index (χ1n) is 2.63. The molecule has 4 heteroatoms. The standard InChI is InChI=1S/C6H6O3S.H2/c7-10(8,9)6-4-2-1-3-5-6;/h1-5H,(H,7,8,9);1H. The molecule has 56 valence electrons. The van der Waals surface area contributed by atoms with E-state index in [1.54, 1.807) is 18.2 Å². The molecule has 0 saturated heterocycles. The van der Waals surface area contributed by atoms with Crippen LogP contribution in [0.5, 0.6) is 0 Å². The first-order valence-corrected chi connectivity index (χ1v) is 4.07. The maximum absolute atomic E-state index is 10.4. The van der Waals surface area contributed by atoms with E-state index in [0.717, 1.165) is 0 Å². The zero-order valence-corrected chi connectivity index (χ0v) is 5.88. The second-order valence-corrected chi connectivity index (χ2v) is 3.21. The lowest BCUT2D eigenvalue weighted by atomic mass is 10.4. The van der Waals surface area contributed by atoms with Gasteiger partial charge in [-0.3, -0.25) is 4.55 Å². The summed E-state index contributed by atoms with van der Waals surface area (Å²) < 4.78 is 29.2. The van der Waals surface area contributed by atoms with Crippen LogP contribution in [0.4, 0.5) is 0 Å². The highest BCUT2D eigenvalue weighted by Crippen LogP contribution is 2.05. The van der Waals surface area contributed by atoms with Gasteiger partial charge in [-0.05, 0) is 12.1 Å². The maximum Gasteiger partial charge on any atom is 0.294 e. The fourth-order valence-electron chi connectivity index (χ4n) is 0.592. The Morgan fingerprint density at radius 3 is 2.00 bits per heavy atom. The van der Waals surface area contributed by atoms with Crippen molar-refractivity contribution in [1.29, 1.82) is 0 Å². The molecule has 1 rings (SSSR count). The minimum atomic E-state index is -4.00. The molecule has 0 aromatic heterocycles. The van der Waals surface area contributed by atoms with Crippen molar-refractivity contribution in [3.05, 3.63) is 30.3 Å². The van der Waals surface area contributed by atoms with Gasteiger partial charge in [0.2, 0.25) is 0 Å². The Morgan fingerprint density at radius 2 is 1.70 bits per heavy atom. The molecule has 0 fully saturated rings. The quantitative estimate of drug-likeness (QED) is 0.627. The Hall–Kier alpha value is -0.870. The van der Waals surface area contributed by atoms with Crippen molar-refractivity contribution in [2.24, 2.45) is 0 Å². The topological polar surface area (TPSA) is 54.4 Å².